The van der Waals surface area contributed by atoms with Crippen LogP contribution in [0.1, 0.15) is 7.43 Å². The van der Waals surface area contributed by atoms with Gasteiger partial charge in [-0.3, -0.25) is 0 Å². The molecule has 0 spiro atoms. The maximum absolute atomic E-state index is 5.67. The Morgan fingerprint density at radius 2 is 0.905 bits per heavy atom. The molecule has 0 aliphatic heterocycles. The van der Waals surface area contributed by atoms with E-state index in [9.17, 15) is 0 Å². The maximum atomic E-state index is 5.67. The van der Waals surface area contributed by atoms with Gasteiger partial charge in [-0.2, -0.15) is 11.1 Å². The summed E-state index contributed by atoms with van der Waals surface area (Å²) >= 11 is 7.82. The van der Waals surface area contributed by atoms with Gasteiger partial charge in [-0.25, -0.2) is 0 Å². The first kappa shape index (κ1) is 56.2. The summed E-state index contributed by atoms with van der Waals surface area (Å²) in [6.07, 6.45) is 0. The summed E-state index contributed by atoms with van der Waals surface area (Å²) in [4.78, 5) is 1.97. The summed E-state index contributed by atoms with van der Waals surface area (Å²) in [6.45, 7) is 20.4. The molecule has 0 bridgehead atoms. The monoisotopic (exact) mass is 556 g/mol. The fourth-order valence-corrected chi connectivity index (χ4v) is 0. The van der Waals surface area contributed by atoms with Crippen molar-refractivity contribution in [2.24, 2.45) is 0 Å². The summed E-state index contributed by atoms with van der Waals surface area (Å²) in [6, 6.07) is 0. The van der Waals surface area contributed by atoms with Crippen LogP contribution in [0.5, 0.6) is 0 Å². The average molecular weight is 558 g/mol. The number of halogens is 3. The van der Waals surface area contributed by atoms with Crippen molar-refractivity contribution in [2.75, 3.05) is 4.93 Å². The minimum Gasteiger partial charge on any atom is -1.00 e. The van der Waals surface area contributed by atoms with Crippen molar-refractivity contribution in [3.8, 4) is 0 Å². The minimum atomic E-state index is -1.14. The Bertz CT molecular complexity index is 110. The summed E-state index contributed by atoms with van der Waals surface area (Å²) in [5.41, 5.74) is 0. The van der Waals surface area contributed by atoms with E-state index < -0.39 is 15.0 Å². The fraction of sp³-hybridized carbons (Fsp3) is 1.00. The molecule has 0 aromatic rings. The first-order valence-electron chi connectivity index (χ1n) is 5.80. The van der Waals surface area contributed by atoms with Gasteiger partial charge in [0.1, 0.15) is 7.38 Å². The van der Waals surface area contributed by atoms with Crippen molar-refractivity contribution in [1.82, 2.24) is 0 Å². The van der Waals surface area contributed by atoms with Crippen molar-refractivity contribution in [3.63, 3.8) is 0 Å². The Labute approximate surface area is 228 Å². The molecule has 0 unspecified atom stereocenters. The molecular formula is C11H41Cl2IKLiSi5. The zero-order valence-corrected chi connectivity index (χ0v) is 30.7. The summed E-state index contributed by atoms with van der Waals surface area (Å²) in [5, 5.41) is 0. The summed E-state index contributed by atoms with van der Waals surface area (Å²) < 4.78 is 0. The topological polar surface area (TPSA) is 0 Å². The Kier molecular flexibility index (Phi) is 95.5. The second-order valence-electron chi connectivity index (χ2n) is 6.80. The van der Waals surface area contributed by atoms with Crippen LogP contribution in [0.3, 0.4) is 0 Å². The molecule has 0 aromatic carbocycles. The van der Waals surface area contributed by atoms with Gasteiger partial charge >= 0.3 is 70.2 Å². The second kappa shape index (κ2) is 35.7. The van der Waals surface area contributed by atoms with E-state index in [-0.39, 0.29) is 110 Å². The van der Waals surface area contributed by atoms with Gasteiger partial charge in [0, 0.05) is 16.4 Å². The standard InChI is InChI=1S/C3H9ClSi.C3H12Si2.C3H10Si.CH3I.CH4.ClH.K.Li.H3Si/c2*1-5(2,3)4;1-4(2)3;1-2;;;;;/h1-3H3;1-4H3;4H,1-3H3;1H3;1H4;1H;;;1H3/q;;;;;;2*+1;-1/p-1. The van der Waals surface area contributed by atoms with Crippen molar-refractivity contribution < 1.29 is 82.7 Å². The molecule has 0 amide bonds. The van der Waals surface area contributed by atoms with E-state index in [1.807, 2.05) is 4.93 Å². The Morgan fingerprint density at radius 3 is 0.905 bits per heavy atom. The molecular weight excluding hydrogens is 516 g/mol. The van der Waals surface area contributed by atoms with Crippen LogP contribution in [0.2, 0.25) is 58.9 Å². The molecule has 0 aliphatic carbocycles. The molecule has 0 radical (unpaired) electrons. The van der Waals surface area contributed by atoms with E-state index in [0.29, 0.717) is 0 Å². The molecule has 0 nitrogen and oxygen atoms in total. The number of hydrogen-bond acceptors (Lipinski definition) is 0. The molecule has 0 rings (SSSR count). The van der Waals surface area contributed by atoms with Crippen molar-refractivity contribution in [1.29, 1.82) is 0 Å². The van der Waals surface area contributed by atoms with Gasteiger partial charge in [-0.15, -0.1) is 0 Å². The molecule has 0 saturated carbocycles. The SMILES string of the molecule is C.CI.C[SiH](C)C.C[Si](C)(C)Cl.C[Si](C)(C)[SiH3].[Cl-].[K+].[Li+].[SiH3-]. The Balaban J connectivity index is -0.0000000125. The van der Waals surface area contributed by atoms with Crippen LogP contribution in [0, 0.1) is 0 Å². The number of alkyl halides is 1. The third kappa shape index (κ3) is 589. The molecule has 0 fully saturated rings. The minimum absolute atomic E-state index is 0. The van der Waals surface area contributed by atoms with Crippen LogP contribution in [0.25, 0.3) is 0 Å². The summed E-state index contributed by atoms with van der Waals surface area (Å²) in [5.74, 6) is 0. The van der Waals surface area contributed by atoms with Crippen molar-refractivity contribution in [3.05, 3.63) is 0 Å². The molecule has 0 N–H and O–H groups in total. The van der Waals surface area contributed by atoms with Crippen LogP contribution in [0.15, 0.2) is 0 Å². The average Bonchev–Trinajstić information content (AvgIpc) is 1.80. The van der Waals surface area contributed by atoms with Crippen LogP contribution < -0.4 is 82.7 Å². The van der Waals surface area contributed by atoms with Crippen LogP contribution in [-0.4, -0.2) is 49.4 Å². The van der Waals surface area contributed by atoms with E-state index in [1.54, 1.807) is 0 Å². The van der Waals surface area contributed by atoms with Crippen LogP contribution in [0.4, 0.5) is 0 Å². The fourth-order valence-electron chi connectivity index (χ4n) is 0. The second-order valence-corrected chi connectivity index (χ2v) is 32.8. The van der Waals surface area contributed by atoms with Gasteiger partial charge in [0.15, 0.2) is 0 Å². The number of rotatable bonds is 0. The van der Waals surface area contributed by atoms with Gasteiger partial charge in [0.05, 0.1) is 0 Å². The van der Waals surface area contributed by atoms with E-state index in [2.05, 4.69) is 81.5 Å². The van der Waals surface area contributed by atoms with Gasteiger partial charge in [-0.05, 0) is 14.7 Å². The van der Waals surface area contributed by atoms with Crippen molar-refractivity contribution in [2.45, 2.75) is 66.3 Å². The summed E-state index contributed by atoms with van der Waals surface area (Å²) in [7, 11) is -0.303. The van der Waals surface area contributed by atoms with E-state index in [0.717, 1.165) is 0 Å². The molecule has 10 heteroatoms. The third-order valence-electron chi connectivity index (χ3n) is 0. The van der Waals surface area contributed by atoms with Gasteiger partial charge in [0.25, 0.3) is 0 Å². The van der Waals surface area contributed by atoms with Crippen LogP contribution in [-0.2, 0) is 0 Å². The van der Waals surface area contributed by atoms with Crippen molar-refractivity contribution >= 4 is 78.2 Å². The first-order chi connectivity index (χ1) is 6.73. The Hall–Kier alpha value is 4.63. The molecule has 21 heavy (non-hydrogen) atoms. The predicted octanol–water partition coefficient (Wildman–Crippen LogP) is -5.13. The van der Waals surface area contributed by atoms with E-state index in [4.69, 9.17) is 11.1 Å². The molecule has 128 valence electrons. The largest absolute Gasteiger partial charge is 1.00 e. The maximum Gasteiger partial charge on any atom is 1.00 e. The molecule has 0 saturated heterocycles. The quantitative estimate of drug-likeness (QED) is 0.121. The zero-order chi connectivity index (χ0) is 14.6. The van der Waals surface area contributed by atoms with E-state index >= 15 is 0 Å². The molecule has 0 atom stereocenters. The van der Waals surface area contributed by atoms with Gasteiger partial charge in [0.2, 0.25) is 0 Å². The third-order valence-corrected chi connectivity index (χ3v) is 0. The van der Waals surface area contributed by atoms with E-state index in [1.165, 1.54) is 9.76 Å². The zero-order valence-electron chi connectivity index (χ0n) is 16.7. The Morgan fingerprint density at radius 1 is 0.905 bits per heavy atom. The molecule has 0 heterocycles. The van der Waals surface area contributed by atoms with Gasteiger partial charge < -0.3 is 23.4 Å². The number of hydrogen-bond donors (Lipinski definition) is 0. The molecule has 0 aliphatic rings. The predicted molar refractivity (Wildman–Crippen MR) is 124 cm³/mol. The van der Waals surface area contributed by atoms with Crippen LogP contribution >= 0.6 is 33.7 Å². The first-order valence-corrected chi connectivity index (χ1v) is 22.9. The normalized spacial score (nSPS) is 7.86. The smallest absolute Gasteiger partial charge is 1.00 e. The van der Waals surface area contributed by atoms with Gasteiger partial charge in [-0.1, -0.05) is 88.9 Å². The molecule has 0 aromatic heterocycles.